The number of rotatable bonds is 13. The minimum absolute atomic E-state index is 0.0965. The zero-order chi connectivity index (χ0) is 28.8. The van der Waals surface area contributed by atoms with Gasteiger partial charge in [-0.3, -0.25) is 0 Å². The summed E-state index contributed by atoms with van der Waals surface area (Å²) in [6.07, 6.45) is 0.548. The average Bonchev–Trinajstić information content (AvgIpc) is 2.88. The predicted octanol–water partition coefficient (Wildman–Crippen LogP) is 7.24. The fourth-order valence-corrected chi connectivity index (χ4v) is 4.09. The van der Waals surface area contributed by atoms with E-state index in [-0.39, 0.29) is 11.7 Å². The highest BCUT2D eigenvalue weighted by Gasteiger charge is 2.30. The Balaban J connectivity index is 1.81. The van der Waals surface area contributed by atoms with Crippen molar-refractivity contribution in [3.8, 4) is 11.5 Å². The van der Waals surface area contributed by atoms with E-state index in [0.717, 1.165) is 16.7 Å². The summed E-state index contributed by atoms with van der Waals surface area (Å²) in [6.45, 7) is 9.39. The Hall–Kier alpha value is -3.27. The highest BCUT2D eigenvalue weighted by atomic mass is 79.9. The number of carboxylic acids is 1. The van der Waals surface area contributed by atoms with Crippen LogP contribution in [-0.2, 0) is 17.8 Å². The molecule has 1 heterocycles. The van der Waals surface area contributed by atoms with Gasteiger partial charge in [0.15, 0.2) is 5.60 Å². The summed E-state index contributed by atoms with van der Waals surface area (Å²) in [5.74, 6) is 0.263. The van der Waals surface area contributed by atoms with E-state index in [9.17, 15) is 18.7 Å². The first-order valence-corrected chi connectivity index (χ1v) is 13.5. The number of aromatic nitrogens is 2. The minimum atomic E-state index is -3.24. The Bertz CT molecular complexity index is 1270. The van der Waals surface area contributed by atoms with E-state index in [1.165, 1.54) is 26.8 Å². The molecule has 3 aromatic rings. The molecule has 0 saturated carbocycles. The number of benzene rings is 2. The first-order valence-electron chi connectivity index (χ1n) is 12.7. The van der Waals surface area contributed by atoms with E-state index in [0.29, 0.717) is 35.7 Å². The van der Waals surface area contributed by atoms with Crippen molar-refractivity contribution in [3.63, 3.8) is 0 Å². The van der Waals surface area contributed by atoms with Crippen LogP contribution in [0.1, 0.15) is 63.6 Å². The number of hydrogen-bond acceptors (Lipinski definition) is 6. The molecule has 0 amide bonds. The maximum Gasteiger partial charge on any atom is 0.397 e. The van der Waals surface area contributed by atoms with Crippen molar-refractivity contribution in [3.05, 3.63) is 76.0 Å². The van der Waals surface area contributed by atoms with Crippen LogP contribution in [0, 0.1) is 0 Å². The van der Waals surface area contributed by atoms with Gasteiger partial charge in [0.2, 0.25) is 5.95 Å². The van der Waals surface area contributed by atoms with E-state index in [2.05, 4.69) is 39.7 Å². The van der Waals surface area contributed by atoms with E-state index < -0.39 is 24.1 Å². The SMILES string of the molecule is CCC(F)(F)Oc1cccc(CN(CCc2ccc(OC(C)(C)C(=O)O)c(Br)c2)c2ncc(C(C)C)cn2)c1. The van der Waals surface area contributed by atoms with Gasteiger partial charge in [-0.15, -0.1) is 0 Å². The molecule has 0 atom stereocenters. The Kier molecular flexibility index (Phi) is 9.88. The molecule has 0 radical (unpaired) electrons. The van der Waals surface area contributed by atoms with Gasteiger partial charge in [0.25, 0.3) is 0 Å². The van der Waals surface area contributed by atoms with E-state index in [4.69, 9.17) is 9.47 Å². The van der Waals surface area contributed by atoms with E-state index in [1.807, 2.05) is 23.1 Å². The molecule has 2 aromatic carbocycles. The van der Waals surface area contributed by atoms with Gasteiger partial charge < -0.3 is 19.5 Å². The van der Waals surface area contributed by atoms with Gasteiger partial charge in [-0.05, 0) is 83.1 Å². The molecule has 1 N–H and O–H groups in total. The predicted molar refractivity (Wildman–Crippen MR) is 150 cm³/mol. The molecule has 3 rings (SSSR count). The molecule has 0 fully saturated rings. The summed E-state index contributed by atoms with van der Waals surface area (Å²) >= 11 is 3.48. The van der Waals surface area contributed by atoms with Gasteiger partial charge in [-0.2, -0.15) is 8.78 Å². The molecule has 0 saturated heterocycles. The van der Waals surface area contributed by atoms with E-state index in [1.54, 1.807) is 30.6 Å². The molecule has 210 valence electrons. The summed E-state index contributed by atoms with van der Waals surface area (Å²) < 4.78 is 38.8. The summed E-state index contributed by atoms with van der Waals surface area (Å²) in [5, 5.41) is 9.35. The molecule has 0 spiro atoms. The van der Waals surface area contributed by atoms with Crippen molar-refractivity contribution in [2.75, 3.05) is 11.4 Å². The van der Waals surface area contributed by atoms with Gasteiger partial charge in [0, 0.05) is 31.9 Å². The topological polar surface area (TPSA) is 84.8 Å². The van der Waals surface area contributed by atoms with Crippen LogP contribution in [0.4, 0.5) is 14.7 Å². The number of halogens is 3. The third kappa shape index (κ3) is 8.61. The number of anilines is 1. The fourth-order valence-electron chi connectivity index (χ4n) is 3.58. The van der Waals surface area contributed by atoms with Gasteiger partial charge in [0.1, 0.15) is 11.5 Å². The number of nitrogens with zero attached hydrogens (tertiary/aromatic N) is 3. The Morgan fingerprint density at radius 2 is 1.77 bits per heavy atom. The smallest absolute Gasteiger partial charge is 0.397 e. The molecule has 0 aliphatic heterocycles. The lowest BCUT2D eigenvalue weighted by Crippen LogP contribution is -2.38. The number of alkyl halides is 2. The van der Waals surface area contributed by atoms with Crippen LogP contribution in [0.3, 0.4) is 0 Å². The number of hydrogen-bond donors (Lipinski definition) is 1. The van der Waals surface area contributed by atoms with Crippen LogP contribution >= 0.6 is 15.9 Å². The lowest BCUT2D eigenvalue weighted by molar-refractivity contribution is -0.177. The number of aliphatic carboxylic acids is 1. The second kappa shape index (κ2) is 12.7. The maximum atomic E-state index is 13.8. The monoisotopic (exact) mass is 605 g/mol. The standard InChI is InChI=1S/C29H34BrF2N3O4/c1-6-29(31,32)38-23-9-7-8-21(14-23)18-35(27-33-16-22(17-34-27)19(2)3)13-12-20-10-11-25(24(30)15-20)39-28(4,5)26(36)37/h7-11,14-17,19H,6,12-13,18H2,1-5H3,(H,36,37). The Morgan fingerprint density at radius 3 is 2.36 bits per heavy atom. The van der Waals surface area contributed by atoms with Gasteiger partial charge in [-0.25, -0.2) is 14.8 Å². The highest BCUT2D eigenvalue weighted by Crippen LogP contribution is 2.30. The molecular formula is C29H34BrF2N3O4. The van der Waals surface area contributed by atoms with Crippen LogP contribution in [0.5, 0.6) is 11.5 Å². The largest absolute Gasteiger partial charge is 0.478 e. The average molecular weight is 607 g/mol. The third-order valence-corrected chi connectivity index (χ3v) is 6.72. The molecule has 0 bridgehead atoms. The van der Waals surface area contributed by atoms with Crippen molar-refractivity contribution < 1.29 is 28.2 Å². The first-order chi connectivity index (χ1) is 18.3. The normalized spacial score (nSPS) is 11.9. The Labute approximate surface area is 236 Å². The molecule has 0 aliphatic carbocycles. The van der Waals surface area contributed by atoms with Crippen LogP contribution in [0.2, 0.25) is 0 Å². The van der Waals surface area contributed by atoms with Gasteiger partial charge >= 0.3 is 12.1 Å². The van der Waals surface area contributed by atoms with Crippen molar-refractivity contribution in [1.29, 1.82) is 0 Å². The number of carboxylic acid groups (broad SMARTS) is 1. The molecule has 39 heavy (non-hydrogen) atoms. The van der Waals surface area contributed by atoms with Crippen LogP contribution in [0.25, 0.3) is 0 Å². The third-order valence-electron chi connectivity index (χ3n) is 6.11. The molecule has 0 unspecified atom stereocenters. The van der Waals surface area contributed by atoms with Gasteiger partial charge in [0.05, 0.1) is 4.47 Å². The maximum absolute atomic E-state index is 13.8. The summed E-state index contributed by atoms with van der Waals surface area (Å²) in [7, 11) is 0. The lowest BCUT2D eigenvalue weighted by Gasteiger charge is -2.24. The second-order valence-electron chi connectivity index (χ2n) is 10.1. The Morgan fingerprint density at radius 1 is 1.08 bits per heavy atom. The van der Waals surface area contributed by atoms with Crippen molar-refractivity contribution >= 4 is 27.8 Å². The molecule has 10 heteroatoms. The van der Waals surface area contributed by atoms with Crippen molar-refractivity contribution in [1.82, 2.24) is 9.97 Å². The summed E-state index contributed by atoms with van der Waals surface area (Å²) in [4.78, 5) is 22.5. The molecular weight excluding hydrogens is 572 g/mol. The first kappa shape index (κ1) is 30.3. The molecule has 1 aromatic heterocycles. The van der Waals surface area contributed by atoms with Crippen LogP contribution in [0.15, 0.2) is 59.3 Å². The summed E-state index contributed by atoms with van der Waals surface area (Å²) in [6, 6.07) is 12.1. The highest BCUT2D eigenvalue weighted by molar-refractivity contribution is 9.10. The zero-order valence-electron chi connectivity index (χ0n) is 22.7. The fraction of sp³-hybridized carbons (Fsp3) is 0.414. The van der Waals surface area contributed by atoms with Crippen LogP contribution < -0.4 is 14.4 Å². The second-order valence-corrected chi connectivity index (χ2v) is 10.9. The lowest BCUT2D eigenvalue weighted by atomic mass is 10.1. The summed E-state index contributed by atoms with van der Waals surface area (Å²) in [5.41, 5.74) is 1.39. The van der Waals surface area contributed by atoms with Crippen LogP contribution in [-0.4, -0.2) is 39.3 Å². The number of ether oxygens (including phenoxy) is 2. The molecule has 0 aliphatic rings. The molecule has 7 nitrogen and oxygen atoms in total. The number of carbonyl (C=O) groups is 1. The van der Waals surface area contributed by atoms with Crippen molar-refractivity contribution in [2.24, 2.45) is 0 Å². The zero-order valence-corrected chi connectivity index (χ0v) is 24.3. The van der Waals surface area contributed by atoms with Gasteiger partial charge in [-0.1, -0.05) is 39.0 Å². The minimum Gasteiger partial charge on any atom is -0.478 e. The van der Waals surface area contributed by atoms with E-state index >= 15 is 0 Å². The van der Waals surface area contributed by atoms with Crippen molar-refractivity contribution in [2.45, 2.75) is 71.6 Å². The quantitative estimate of drug-likeness (QED) is 0.220.